The molecule has 0 bridgehead atoms. The predicted octanol–water partition coefficient (Wildman–Crippen LogP) is 3.85. The van der Waals surface area contributed by atoms with Gasteiger partial charge in [0, 0.05) is 11.1 Å². The van der Waals surface area contributed by atoms with Gasteiger partial charge in [0.1, 0.15) is 11.5 Å². The zero-order chi connectivity index (χ0) is 14.1. The molecule has 1 aromatic rings. The SMILES string of the molecule is CC(C)(C)c1cc(OC#N)c(C(C)(C)C)cc1O. The monoisotopic (exact) mass is 247 g/mol. The molecule has 0 aliphatic carbocycles. The Bertz CT molecular complexity index is 485. The summed E-state index contributed by atoms with van der Waals surface area (Å²) in [5.41, 5.74) is 1.21. The van der Waals surface area contributed by atoms with Gasteiger partial charge in [0.25, 0.3) is 6.26 Å². The number of phenols is 1. The van der Waals surface area contributed by atoms with Crippen molar-refractivity contribution in [2.45, 2.75) is 52.4 Å². The van der Waals surface area contributed by atoms with E-state index in [1.165, 1.54) is 0 Å². The Morgan fingerprint density at radius 1 is 1.00 bits per heavy atom. The van der Waals surface area contributed by atoms with E-state index < -0.39 is 0 Å². The van der Waals surface area contributed by atoms with Crippen molar-refractivity contribution in [1.29, 1.82) is 5.26 Å². The Kier molecular flexibility index (Phi) is 3.62. The van der Waals surface area contributed by atoms with Crippen molar-refractivity contribution in [3.63, 3.8) is 0 Å². The molecule has 1 rings (SSSR count). The summed E-state index contributed by atoms with van der Waals surface area (Å²) in [5, 5.41) is 18.9. The van der Waals surface area contributed by atoms with Gasteiger partial charge >= 0.3 is 0 Å². The molecule has 3 heteroatoms. The topological polar surface area (TPSA) is 53.2 Å². The lowest BCUT2D eigenvalue weighted by Crippen LogP contribution is -2.16. The van der Waals surface area contributed by atoms with Gasteiger partial charge in [-0.1, -0.05) is 41.5 Å². The Balaban J connectivity index is 3.50. The van der Waals surface area contributed by atoms with Gasteiger partial charge in [-0.2, -0.15) is 0 Å². The smallest absolute Gasteiger partial charge is 0.292 e. The van der Waals surface area contributed by atoms with Crippen molar-refractivity contribution in [3.05, 3.63) is 23.3 Å². The van der Waals surface area contributed by atoms with Gasteiger partial charge in [-0.15, -0.1) is 5.26 Å². The number of nitrogens with zero attached hydrogens (tertiary/aromatic N) is 1. The van der Waals surface area contributed by atoms with Gasteiger partial charge in [0.2, 0.25) is 0 Å². The normalized spacial score (nSPS) is 12.1. The lowest BCUT2D eigenvalue weighted by Gasteiger charge is -2.26. The molecule has 0 radical (unpaired) electrons. The van der Waals surface area contributed by atoms with Crippen LogP contribution in [0.3, 0.4) is 0 Å². The van der Waals surface area contributed by atoms with Gasteiger partial charge in [0.15, 0.2) is 0 Å². The number of rotatable bonds is 1. The second-order valence-corrected chi connectivity index (χ2v) is 6.56. The number of hydrogen-bond acceptors (Lipinski definition) is 3. The zero-order valence-corrected chi connectivity index (χ0v) is 12.0. The first kappa shape index (κ1) is 14.4. The van der Waals surface area contributed by atoms with Crippen LogP contribution in [0.4, 0.5) is 0 Å². The molecule has 0 aliphatic rings. The maximum absolute atomic E-state index is 10.1. The van der Waals surface area contributed by atoms with Crippen LogP contribution < -0.4 is 4.74 Å². The molecule has 98 valence electrons. The number of phenolic OH excluding ortho intramolecular Hbond substituents is 1. The van der Waals surface area contributed by atoms with Crippen LogP contribution in [-0.2, 0) is 10.8 Å². The molecule has 1 N–H and O–H groups in total. The molecule has 0 aromatic heterocycles. The van der Waals surface area contributed by atoms with Gasteiger partial charge in [0.05, 0.1) is 0 Å². The summed E-state index contributed by atoms with van der Waals surface area (Å²) >= 11 is 0. The predicted molar refractivity (Wildman–Crippen MR) is 71.7 cm³/mol. The second kappa shape index (κ2) is 4.53. The van der Waals surface area contributed by atoms with E-state index in [1.807, 2.05) is 41.5 Å². The van der Waals surface area contributed by atoms with Crippen molar-refractivity contribution in [2.75, 3.05) is 0 Å². The largest absolute Gasteiger partial charge is 0.508 e. The average molecular weight is 247 g/mol. The lowest BCUT2D eigenvalue weighted by molar-refractivity contribution is 0.429. The van der Waals surface area contributed by atoms with Crippen LogP contribution in [0.25, 0.3) is 0 Å². The van der Waals surface area contributed by atoms with Crippen molar-refractivity contribution in [1.82, 2.24) is 0 Å². The molecule has 18 heavy (non-hydrogen) atoms. The number of hydrogen-bond donors (Lipinski definition) is 1. The van der Waals surface area contributed by atoms with E-state index >= 15 is 0 Å². The van der Waals surface area contributed by atoms with Crippen molar-refractivity contribution < 1.29 is 9.84 Å². The molecular weight excluding hydrogens is 226 g/mol. The first-order valence-corrected chi connectivity index (χ1v) is 6.01. The Morgan fingerprint density at radius 3 is 1.89 bits per heavy atom. The molecule has 0 heterocycles. The molecule has 0 amide bonds. The third kappa shape index (κ3) is 2.95. The first-order valence-electron chi connectivity index (χ1n) is 6.01. The van der Waals surface area contributed by atoms with E-state index in [9.17, 15) is 5.11 Å². The standard InChI is InChI=1S/C15H21NO2/c1-14(2,3)10-8-13(18-9-16)11(7-12(10)17)15(4,5)6/h7-8,17H,1-6H3. The zero-order valence-electron chi connectivity index (χ0n) is 12.0. The minimum Gasteiger partial charge on any atom is -0.508 e. The molecule has 0 fully saturated rings. The summed E-state index contributed by atoms with van der Waals surface area (Å²) < 4.78 is 5.05. The summed E-state index contributed by atoms with van der Waals surface area (Å²) in [7, 11) is 0. The molecule has 3 nitrogen and oxygen atoms in total. The number of ether oxygens (including phenoxy) is 1. The Morgan fingerprint density at radius 2 is 1.50 bits per heavy atom. The van der Waals surface area contributed by atoms with Crippen LogP contribution in [0.2, 0.25) is 0 Å². The van der Waals surface area contributed by atoms with E-state index in [0.29, 0.717) is 5.75 Å². The highest BCUT2D eigenvalue weighted by atomic mass is 16.5. The minimum atomic E-state index is -0.200. The fourth-order valence-corrected chi connectivity index (χ4v) is 1.89. The summed E-state index contributed by atoms with van der Waals surface area (Å²) in [6.07, 6.45) is 1.71. The lowest BCUT2D eigenvalue weighted by atomic mass is 9.81. The fourth-order valence-electron chi connectivity index (χ4n) is 1.89. The summed E-state index contributed by atoms with van der Waals surface area (Å²) in [6, 6.07) is 3.46. The molecule has 0 spiro atoms. The highest BCUT2D eigenvalue weighted by Crippen LogP contribution is 2.40. The van der Waals surface area contributed by atoms with Gasteiger partial charge < -0.3 is 9.84 Å². The van der Waals surface area contributed by atoms with Gasteiger partial charge in [-0.3, -0.25) is 0 Å². The molecule has 0 unspecified atom stereocenters. The molecule has 1 aromatic carbocycles. The number of aromatic hydroxyl groups is 1. The molecular formula is C15H21NO2. The molecule has 0 atom stereocenters. The van der Waals surface area contributed by atoms with Crippen LogP contribution in [0, 0.1) is 11.5 Å². The van der Waals surface area contributed by atoms with E-state index in [0.717, 1.165) is 11.1 Å². The third-order valence-corrected chi connectivity index (χ3v) is 2.87. The fraction of sp³-hybridized carbons (Fsp3) is 0.533. The quantitative estimate of drug-likeness (QED) is 0.767. The summed E-state index contributed by atoms with van der Waals surface area (Å²) in [6.45, 7) is 12.1. The average Bonchev–Trinajstić information content (AvgIpc) is 2.17. The van der Waals surface area contributed by atoms with E-state index in [-0.39, 0.29) is 16.6 Å². The highest BCUT2D eigenvalue weighted by molar-refractivity contribution is 5.51. The van der Waals surface area contributed by atoms with E-state index in [2.05, 4.69) is 0 Å². The maximum atomic E-state index is 10.1. The number of benzene rings is 1. The van der Waals surface area contributed by atoms with Crippen LogP contribution in [-0.4, -0.2) is 5.11 Å². The Labute approximate surface area is 109 Å². The molecule has 0 saturated carbocycles. The van der Waals surface area contributed by atoms with Crippen molar-refractivity contribution in [3.8, 4) is 17.8 Å². The van der Waals surface area contributed by atoms with Crippen LogP contribution in [0.15, 0.2) is 12.1 Å². The van der Waals surface area contributed by atoms with E-state index in [1.54, 1.807) is 18.4 Å². The first-order chi connectivity index (χ1) is 8.07. The van der Waals surface area contributed by atoms with E-state index in [4.69, 9.17) is 10.00 Å². The maximum Gasteiger partial charge on any atom is 0.292 e. The minimum absolute atomic E-state index is 0.194. The molecule has 0 aliphatic heterocycles. The van der Waals surface area contributed by atoms with Gasteiger partial charge in [-0.25, -0.2) is 0 Å². The number of nitriles is 1. The van der Waals surface area contributed by atoms with Gasteiger partial charge in [-0.05, 0) is 23.0 Å². The molecule has 0 saturated heterocycles. The van der Waals surface area contributed by atoms with Crippen molar-refractivity contribution in [2.24, 2.45) is 0 Å². The third-order valence-electron chi connectivity index (χ3n) is 2.87. The van der Waals surface area contributed by atoms with Crippen molar-refractivity contribution >= 4 is 0 Å². The highest BCUT2D eigenvalue weighted by Gasteiger charge is 2.26. The van der Waals surface area contributed by atoms with Crippen LogP contribution in [0.1, 0.15) is 52.7 Å². The van der Waals surface area contributed by atoms with Crippen LogP contribution in [0.5, 0.6) is 11.5 Å². The second-order valence-electron chi connectivity index (χ2n) is 6.56. The van der Waals surface area contributed by atoms with Crippen LogP contribution >= 0.6 is 0 Å². The summed E-state index contributed by atoms with van der Waals surface area (Å²) in [4.78, 5) is 0. The Hall–Kier alpha value is -1.69. The summed E-state index contributed by atoms with van der Waals surface area (Å²) in [5.74, 6) is 0.769.